The van der Waals surface area contributed by atoms with Gasteiger partial charge in [0.25, 0.3) is 5.91 Å². The van der Waals surface area contributed by atoms with Gasteiger partial charge in [0.05, 0.1) is 19.6 Å². The maximum atomic E-state index is 12.4. The molecular formula is C16H22N2O3. The molecule has 1 heterocycles. The van der Waals surface area contributed by atoms with E-state index in [1.165, 1.54) is 4.90 Å². The standard InChI is InChI=1S/C16H22N2O3/c1-16(15(20)17(2)3)12-18(9-10-21-16)14(19)11-13-7-5-4-6-8-13/h4-8H,9-12H2,1-3H3. The SMILES string of the molecule is CN(C)C(=O)C1(C)CN(C(=O)Cc2ccccc2)CCO1. The van der Waals surface area contributed by atoms with Crippen LogP contribution in [-0.2, 0) is 20.7 Å². The first-order valence-electron chi connectivity index (χ1n) is 7.10. The minimum atomic E-state index is -0.950. The number of hydrogen-bond acceptors (Lipinski definition) is 3. The summed E-state index contributed by atoms with van der Waals surface area (Å²) >= 11 is 0. The van der Waals surface area contributed by atoms with Crippen LogP contribution >= 0.6 is 0 Å². The van der Waals surface area contributed by atoms with Gasteiger partial charge in [-0.05, 0) is 12.5 Å². The molecule has 2 rings (SSSR count). The zero-order valence-electron chi connectivity index (χ0n) is 12.8. The molecule has 1 aromatic rings. The fraction of sp³-hybridized carbons (Fsp3) is 0.500. The lowest BCUT2D eigenvalue weighted by molar-refractivity contribution is -0.169. The molecule has 5 heteroatoms. The molecule has 5 nitrogen and oxygen atoms in total. The number of rotatable bonds is 3. The maximum absolute atomic E-state index is 12.4. The molecule has 0 N–H and O–H groups in total. The molecule has 0 spiro atoms. The quantitative estimate of drug-likeness (QED) is 0.832. The Kier molecular flexibility index (Phi) is 4.63. The first-order chi connectivity index (χ1) is 9.92. The van der Waals surface area contributed by atoms with Crippen molar-refractivity contribution in [3.63, 3.8) is 0 Å². The molecule has 1 unspecified atom stereocenters. The topological polar surface area (TPSA) is 49.9 Å². The van der Waals surface area contributed by atoms with Crippen molar-refractivity contribution in [3.8, 4) is 0 Å². The molecule has 1 aliphatic heterocycles. The van der Waals surface area contributed by atoms with Crippen molar-refractivity contribution < 1.29 is 14.3 Å². The highest BCUT2D eigenvalue weighted by atomic mass is 16.5. The zero-order valence-corrected chi connectivity index (χ0v) is 12.8. The van der Waals surface area contributed by atoms with Gasteiger partial charge in [-0.3, -0.25) is 9.59 Å². The van der Waals surface area contributed by atoms with Crippen molar-refractivity contribution in [1.29, 1.82) is 0 Å². The number of nitrogens with zero attached hydrogens (tertiary/aromatic N) is 2. The molecule has 114 valence electrons. The molecular weight excluding hydrogens is 268 g/mol. The molecule has 0 bridgehead atoms. The molecule has 1 atom stereocenters. The normalized spacial score (nSPS) is 22.0. The second kappa shape index (κ2) is 6.26. The number of carbonyl (C=O) groups is 2. The predicted octanol–water partition coefficient (Wildman–Crippen LogP) is 0.935. The van der Waals surface area contributed by atoms with Crippen LogP contribution in [0.15, 0.2) is 30.3 Å². The molecule has 0 aromatic heterocycles. The summed E-state index contributed by atoms with van der Waals surface area (Å²) in [5, 5.41) is 0. The summed E-state index contributed by atoms with van der Waals surface area (Å²) in [6, 6.07) is 9.63. The van der Waals surface area contributed by atoms with E-state index in [1.807, 2.05) is 30.3 Å². The molecule has 1 aliphatic rings. The third kappa shape index (κ3) is 3.61. The van der Waals surface area contributed by atoms with Gasteiger partial charge in [-0.1, -0.05) is 30.3 Å². The van der Waals surface area contributed by atoms with E-state index in [9.17, 15) is 9.59 Å². The summed E-state index contributed by atoms with van der Waals surface area (Å²) in [5.41, 5.74) is 0.0308. The highest BCUT2D eigenvalue weighted by Gasteiger charge is 2.41. The molecule has 0 saturated carbocycles. The van der Waals surface area contributed by atoms with E-state index >= 15 is 0 Å². The number of ether oxygens (including phenoxy) is 1. The van der Waals surface area contributed by atoms with E-state index in [0.29, 0.717) is 26.1 Å². The average molecular weight is 290 g/mol. The number of hydrogen-bond donors (Lipinski definition) is 0. The Labute approximate surface area is 125 Å². The lowest BCUT2D eigenvalue weighted by Crippen LogP contribution is -2.59. The van der Waals surface area contributed by atoms with Gasteiger partial charge in [0.15, 0.2) is 5.60 Å². The highest BCUT2D eigenvalue weighted by Crippen LogP contribution is 2.20. The van der Waals surface area contributed by atoms with Gasteiger partial charge in [0.1, 0.15) is 0 Å². The van der Waals surface area contributed by atoms with Crippen molar-refractivity contribution in [3.05, 3.63) is 35.9 Å². The van der Waals surface area contributed by atoms with E-state index in [0.717, 1.165) is 5.56 Å². The number of carbonyl (C=O) groups excluding carboxylic acids is 2. The van der Waals surface area contributed by atoms with Crippen LogP contribution in [0.1, 0.15) is 12.5 Å². The summed E-state index contributed by atoms with van der Waals surface area (Å²) in [5.74, 6) is -0.0815. The van der Waals surface area contributed by atoms with Crippen LogP contribution < -0.4 is 0 Å². The third-order valence-electron chi connectivity index (χ3n) is 3.68. The average Bonchev–Trinajstić information content (AvgIpc) is 2.47. The van der Waals surface area contributed by atoms with Gasteiger partial charge in [-0.2, -0.15) is 0 Å². The second-order valence-corrected chi connectivity index (χ2v) is 5.76. The second-order valence-electron chi connectivity index (χ2n) is 5.76. The zero-order chi connectivity index (χ0) is 15.5. The van der Waals surface area contributed by atoms with Crippen molar-refractivity contribution in [2.75, 3.05) is 33.8 Å². The lowest BCUT2D eigenvalue weighted by Gasteiger charge is -2.40. The van der Waals surface area contributed by atoms with Crippen molar-refractivity contribution in [1.82, 2.24) is 9.80 Å². The fourth-order valence-corrected chi connectivity index (χ4v) is 2.57. The molecule has 1 aromatic carbocycles. The maximum Gasteiger partial charge on any atom is 0.255 e. The summed E-state index contributed by atoms with van der Waals surface area (Å²) in [7, 11) is 3.39. The van der Waals surface area contributed by atoms with Gasteiger partial charge >= 0.3 is 0 Å². The number of benzene rings is 1. The highest BCUT2D eigenvalue weighted by molar-refractivity contribution is 5.86. The monoisotopic (exact) mass is 290 g/mol. The molecule has 2 amide bonds. The van der Waals surface area contributed by atoms with E-state index in [1.54, 1.807) is 25.9 Å². The Balaban J connectivity index is 2.04. The Morgan fingerprint density at radius 1 is 1.29 bits per heavy atom. The Hall–Kier alpha value is -1.88. The Morgan fingerprint density at radius 2 is 1.95 bits per heavy atom. The van der Waals surface area contributed by atoms with Crippen LogP contribution in [0.3, 0.4) is 0 Å². The van der Waals surface area contributed by atoms with Gasteiger partial charge < -0.3 is 14.5 Å². The van der Waals surface area contributed by atoms with Crippen LogP contribution in [0.2, 0.25) is 0 Å². The first kappa shape index (κ1) is 15.5. The van der Waals surface area contributed by atoms with Crippen LogP contribution in [0.25, 0.3) is 0 Å². The summed E-state index contributed by atoms with van der Waals surface area (Å²) in [4.78, 5) is 27.8. The molecule has 0 aliphatic carbocycles. The summed E-state index contributed by atoms with van der Waals surface area (Å²) < 4.78 is 5.63. The molecule has 1 saturated heterocycles. The molecule has 0 radical (unpaired) electrons. The molecule has 21 heavy (non-hydrogen) atoms. The summed E-state index contributed by atoms with van der Waals surface area (Å²) in [6.07, 6.45) is 0.354. The fourth-order valence-electron chi connectivity index (χ4n) is 2.57. The lowest BCUT2D eigenvalue weighted by atomic mass is 10.0. The molecule has 1 fully saturated rings. The Bertz CT molecular complexity index is 516. The smallest absolute Gasteiger partial charge is 0.255 e. The van der Waals surface area contributed by atoms with Gasteiger partial charge in [-0.25, -0.2) is 0 Å². The van der Waals surface area contributed by atoms with Crippen molar-refractivity contribution >= 4 is 11.8 Å². The van der Waals surface area contributed by atoms with Gasteiger partial charge in [0, 0.05) is 20.6 Å². The minimum Gasteiger partial charge on any atom is -0.362 e. The van der Waals surface area contributed by atoms with Crippen LogP contribution in [-0.4, -0.2) is 61.0 Å². The number of likely N-dealkylation sites (N-methyl/N-ethyl adjacent to an activating group) is 1. The first-order valence-corrected chi connectivity index (χ1v) is 7.10. The van der Waals surface area contributed by atoms with Gasteiger partial charge in [-0.15, -0.1) is 0 Å². The Morgan fingerprint density at radius 3 is 2.57 bits per heavy atom. The van der Waals surface area contributed by atoms with Crippen molar-refractivity contribution in [2.24, 2.45) is 0 Å². The van der Waals surface area contributed by atoms with E-state index < -0.39 is 5.60 Å². The van der Waals surface area contributed by atoms with E-state index in [4.69, 9.17) is 4.74 Å². The summed E-state index contributed by atoms with van der Waals surface area (Å²) in [6.45, 7) is 2.96. The van der Waals surface area contributed by atoms with Crippen LogP contribution in [0, 0.1) is 0 Å². The largest absolute Gasteiger partial charge is 0.362 e. The van der Waals surface area contributed by atoms with Crippen LogP contribution in [0.4, 0.5) is 0 Å². The van der Waals surface area contributed by atoms with E-state index in [-0.39, 0.29) is 11.8 Å². The minimum absolute atomic E-state index is 0.0299. The van der Waals surface area contributed by atoms with Gasteiger partial charge in [0.2, 0.25) is 5.91 Å². The third-order valence-corrected chi connectivity index (χ3v) is 3.68. The van der Waals surface area contributed by atoms with Crippen molar-refractivity contribution in [2.45, 2.75) is 18.9 Å². The number of morpholine rings is 1. The predicted molar refractivity (Wildman–Crippen MR) is 79.8 cm³/mol. The van der Waals surface area contributed by atoms with Crippen LogP contribution in [0.5, 0.6) is 0 Å². The van der Waals surface area contributed by atoms with E-state index in [2.05, 4.69) is 0 Å². The number of amides is 2.